The first-order valence-electron chi connectivity index (χ1n) is 9.44. The third kappa shape index (κ3) is 3.88. The van der Waals surface area contributed by atoms with Gasteiger partial charge in [-0.15, -0.1) is 23.1 Å². The zero-order valence-electron chi connectivity index (χ0n) is 16.7. The number of thiophene rings is 1. The van der Waals surface area contributed by atoms with E-state index in [0.717, 1.165) is 21.1 Å². The van der Waals surface area contributed by atoms with Crippen LogP contribution in [0.3, 0.4) is 0 Å². The van der Waals surface area contributed by atoms with Crippen molar-refractivity contribution in [2.75, 3.05) is 4.90 Å². The third-order valence-electron chi connectivity index (χ3n) is 5.04. The predicted octanol–water partition coefficient (Wildman–Crippen LogP) is 5.34. The normalized spacial score (nSPS) is 14.0. The first kappa shape index (κ1) is 21.3. The van der Waals surface area contributed by atoms with Crippen LogP contribution >= 0.6 is 23.1 Å². The van der Waals surface area contributed by atoms with Gasteiger partial charge in [0.2, 0.25) is 5.91 Å². The van der Waals surface area contributed by atoms with Crippen LogP contribution in [0.5, 0.6) is 0 Å². The molecule has 4 rings (SSSR count). The highest BCUT2D eigenvalue weighted by molar-refractivity contribution is 8.00. The van der Waals surface area contributed by atoms with Gasteiger partial charge in [-0.2, -0.15) is 0 Å². The van der Waals surface area contributed by atoms with E-state index in [0.29, 0.717) is 16.8 Å². The molecule has 2 heterocycles. The number of carbonyl (C=O) groups is 3. The molecule has 1 N–H and O–H groups in total. The molecule has 1 aliphatic rings. The molecule has 0 saturated heterocycles. The van der Waals surface area contributed by atoms with Crippen LogP contribution < -0.4 is 4.90 Å². The number of rotatable bonds is 5. The highest BCUT2D eigenvalue weighted by Gasteiger charge is 2.37. The van der Waals surface area contributed by atoms with E-state index in [1.807, 2.05) is 19.9 Å². The van der Waals surface area contributed by atoms with E-state index in [-0.39, 0.29) is 22.7 Å². The van der Waals surface area contributed by atoms with E-state index < -0.39 is 22.5 Å². The molecule has 1 aromatic heterocycles. The van der Waals surface area contributed by atoms with Gasteiger partial charge in [0.1, 0.15) is 10.7 Å². The molecule has 0 spiro atoms. The van der Waals surface area contributed by atoms with Crippen molar-refractivity contribution in [1.29, 1.82) is 0 Å². The highest BCUT2D eigenvalue weighted by Crippen LogP contribution is 2.43. The summed E-state index contributed by atoms with van der Waals surface area (Å²) in [6.07, 6.45) is -0.0387. The average molecular weight is 456 g/mol. The number of amides is 2. The molecule has 0 bridgehead atoms. The number of anilines is 1. The van der Waals surface area contributed by atoms with Gasteiger partial charge in [-0.3, -0.25) is 9.59 Å². The van der Waals surface area contributed by atoms with E-state index in [9.17, 15) is 23.9 Å². The van der Waals surface area contributed by atoms with Crippen molar-refractivity contribution >= 4 is 46.6 Å². The minimum Gasteiger partial charge on any atom is -0.477 e. The minimum atomic E-state index is -1.19. The predicted molar refractivity (Wildman–Crippen MR) is 119 cm³/mol. The fourth-order valence-corrected chi connectivity index (χ4v) is 5.72. The summed E-state index contributed by atoms with van der Waals surface area (Å²) >= 11 is 2.36. The topological polar surface area (TPSA) is 74.7 Å². The Balaban J connectivity index is 1.68. The first-order chi connectivity index (χ1) is 14.7. The smallest absolute Gasteiger partial charge is 0.346 e. The van der Waals surface area contributed by atoms with Crippen LogP contribution in [0.4, 0.5) is 10.1 Å². The molecular formula is C23H18FNO4S2. The van der Waals surface area contributed by atoms with Crippen LogP contribution in [0.1, 0.15) is 45.0 Å². The maximum absolute atomic E-state index is 14.3. The number of fused-ring (bicyclic) bond motifs is 1. The number of hydrogen-bond acceptors (Lipinski definition) is 5. The summed E-state index contributed by atoms with van der Waals surface area (Å²) in [6.45, 7) is 3.80. The Morgan fingerprint density at radius 3 is 2.61 bits per heavy atom. The molecule has 0 radical (unpaired) electrons. The number of aromatic carboxylic acids is 1. The van der Waals surface area contributed by atoms with E-state index in [2.05, 4.69) is 0 Å². The maximum atomic E-state index is 14.3. The molecule has 31 heavy (non-hydrogen) atoms. The number of thioether (sulfide) groups is 1. The summed E-state index contributed by atoms with van der Waals surface area (Å²) in [5, 5.41) is 10.9. The summed E-state index contributed by atoms with van der Waals surface area (Å²) in [5.74, 6) is -2.54. The van der Waals surface area contributed by atoms with Crippen molar-refractivity contribution in [3.05, 3.63) is 81.3 Å². The number of halogens is 1. The largest absolute Gasteiger partial charge is 0.477 e. The van der Waals surface area contributed by atoms with Crippen molar-refractivity contribution in [1.82, 2.24) is 0 Å². The van der Waals surface area contributed by atoms with Gasteiger partial charge >= 0.3 is 5.97 Å². The Hall–Kier alpha value is -2.97. The summed E-state index contributed by atoms with van der Waals surface area (Å²) < 4.78 is 13.7. The second kappa shape index (κ2) is 7.94. The minimum absolute atomic E-state index is 0.0387. The molecule has 0 aliphatic carbocycles. The number of nitrogens with zero attached hydrogens (tertiary/aromatic N) is 1. The van der Waals surface area contributed by atoms with Gasteiger partial charge in [0, 0.05) is 15.2 Å². The van der Waals surface area contributed by atoms with Crippen LogP contribution in [0.25, 0.3) is 0 Å². The molecule has 3 aromatic rings. The monoisotopic (exact) mass is 455 g/mol. The van der Waals surface area contributed by atoms with Crippen molar-refractivity contribution in [2.24, 2.45) is 0 Å². The summed E-state index contributed by atoms with van der Waals surface area (Å²) in [7, 11) is 0. The Labute approximate surface area is 186 Å². The standard InChI is InChI=1S/C23H18FNO4S2/c1-23(2,16-8-3-4-9-17(16)24)31-15-7-5-6-14(11-15)25-18(26)10-13-12-30-20(22(28)29)19(13)21(25)27/h3-9,11-12H,10H2,1-2H3,(H,28,29). The Morgan fingerprint density at radius 2 is 1.90 bits per heavy atom. The molecule has 5 nitrogen and oxygen atoms in total. The number of benzene rings is 2. The lowest BCUT2D eigenvalue weighted by atomic mass is 10.0. The number of hydrogen-bond donors (Lipinski definition) is 1. The fraction of sp³-hybridized carbons (Fsp3) is 0.174. The quantitative estimate of drug-likeness (QED) is 0.415. The SMILES string of the molecule is CC(C)(Sc1cccc(N2C(=O)Cc3csc(C(=O)O)c3C2=O)c1)c1ccccc1F. The van der Waals surface area contributed by atoms with Gasteiger partial charge in [0.05, 0.1) is 17.7 Å². The van der Waals surface area contributed by atoms with Crippen molar-refractivity contribution in [3.63, 3.8) is 0 Å². The molecule has 0 unspecified atom stereocenters. The molecule has 1 aliphatic heterocycles. The molecular weight excluding hydrogens is 437 g/mol. The van der Waals surface area contributed by atoms with Gasteiger partial charge in [-0.05, 0) is 49.1 Å². The van der Waals surface area contributed by atoms with Gasteiger partial charge in [-0.25, -0.2) is 14.1 Å². The second-order valence-corrected chi connectivity index (χ2v) is 10.1. The van der Waals surface area contributed by atoms with Crippen molar-refractivity contribution in [2.45, 2.75) is 29.9 Å². The van der Waals surface area contributed by atoms with Crippen LogP contribution in [0, 0.1) is 5.82 Å². The summed E-state index contributed by atoms with van der Waals surface area (Å²) in [6, 6.07) is 13.4. The van der Waals surface area contributed by atoms with Gasteiger partial charge in [0.15, 0.2) is 0 Å². The van der Waals surface area contributed by atoms with Crippen molar-refractivity contribution in [3.8, 4) is 0 Å². The Morgan fingerprint density at radius 1 is 1.16 bits per heavy atom. The van der Waals surface area contributed by atoms with Gasteiger partial charge < -0.3 is 5.11 Å². The molecule has 2 amide bonds. The van der Waals surface area contributed by atoms with E-state index in [1.54, 1.807) is 41.8 Å². The summed E-state index contributed by atoms with van der Waals surface area (Å²) in [5.41, 5.74) is 1.42. The number of carbonyl (C=O) groups excluding carboxylic acids is 2. The molecule has 0 atom stereocenters. The first-order valence-corrected chi connectivity index (χ1v) is 11.1. The Kier molecular flexibility index (Phi) is 5.45. The Bertz CT molecular complexity index is 1220. The zero-order valence-corrected chi connectivity index (χ0v) is 18.3. The zero-order chi connectivity index (χ0) is 22.3. The number of carboxylic acid groups (broad SMARTS) is 1. The lowest BCUT2D eigenvalue weighted by molar-refractivity contribution is -0.117. The molecule has 0 fully saturated rings. The van der Waals surface area contributed by atoms with E-state index >= 15 is 0 Å². The van der Waals surface area contributed by atoms with Gasteiger partial charge in [0.25, 0.3) is 5.91 Å². The van der Waals surface area contributed by atoms with Crippen LogP contribution in [-0.4, -0.2) is 22.9 Å². The molecule has 0 saturated carbocycles. The van der Waals surface area contributed by atoms with Crippen molar-refractivity contribution < 1.29 is 23.9 Å². The lowest BCUT2D eigenvalue weighted by Crippen LogP contribution is -2.42. The van der Waals surface area contributed by atoms with Crippen LogP contribution in [-0.2, 0) is 16.0 Å². The average Bonchev–Trinajstić information content (AvgIpc) is 3.12. The van der Waals surface area contributed by atoms with E-state index in [4.69, 9.17) is 0 Å². The van der Waals surface area contributed by atoms with Crippen LogP contribution in [0.2, 0.25) is 0 Å². The van der Waals surface area contributed by atoms with Gasteiger partial charge in [-0.1, -0.05) is 24.3 Å². The number of imide groups is 1. The fourth-order valence-electron chi connectivity index (χ4n) is 3.63. The lowest BCUT2D eigenvalue weighted by Gasteiger charge is -2.28. The summed E-state index contributed by atoms with van der Waals surface area (Å²) in [4.78, 5) is 39.0. The number of carboxylic acids is 1. The van der Waals surface area contributed by atoms with Crippen LogP contribution in [0.15, 0.2) is 58.8 Å². The highest BCUT2D eigenvalue weighted by atomic mass is 32.2. The molecule has 8 heteroatoms. The molecule has 2 aromatic carbocycles. The second-order valence-electron chi connectivity index (χ2n) is 7.57. The third-order valence-corrected chi connectivity index (χ3v) is 7.28. The molecule has 158 valence electrons. The maximum Gasteiger partial charge on any atom is 0.346 e. The van der Waals surface area contributed by atoms with E-state index in [1.165, 1.54) is 17.8 Å².